The molecule has 2 aliphatic rings. The van der Waals surface area contributed by atoms with Gasteiger partial charge in [0, 0.05) is 16.7 Å². The van der Waals surface area contributed by atoms with E-state index in [-0.39, 0.29) is 34.3 Å². The number of nitrogens with zero attached hydrogens (tertiary/aromatic N) is 4. The minimum Gasteiger partial charge on any atom is -0.289 e. The maximum Gasteiger partial charge on any atom is 0.280 e. The Labute approximate surface area is 177 Å². The molecule has 0 aromatic heterocycles. The van der Waals surface area contributed by atoms with Crippen LogP contribution in [0.2, 0.25) is 0 Å². The molecule has 5 rings (SSSR count). The smallest absolute Gasteiger partial charge is 0.280 e. The summed E-state index contributed by atoms with van der Waals surface area (Å²) in [6, 6.07) is 19.7. The predicted molar refractivity (Wildman–Crippen MR) is 115 cm³/mol. The van der Waals surface area contributed by atoms with Crippen LogP contribution in [0.3, 0.4) is 0 Å². The van der Waals surface area contributed by atoms with E-state index in [1.165, 1.54) is 5.01 Å². The summed E-state index contributed by atoms with van der Waals surface area (Å²) in [6.07, 6.45) is 0. The number of carbonyl (C=O) groups excluding carboxylic acids is 3. The van der Waals surface area contributed by atoms with Gasteiger partial charge in [0.25, 0.3) is 5.91 Å². The molecule has 0 fully saturated rings. The molecule has 0 bridgehead atoms. The largest absolute Gasteiger partial charge is 0.289 e. The highest BCUT2D eigenvalue weighted by atomic mass is 16.2. The van der Waals surface area contributed by atoms with E-state index in [9.17, 15) is 14.4 Å². The Morgan fingerprint density at radius 2 is 1.42 bits per heavy atom. The van der Waals surface area contributed by atoms with Gasteiger partial charge < -0.3 is 0 Å². The number of ketones is 2. The SMILES string of the molecule is CC1=NN(c2ccccc2)C(=O)[C@H]1N=Nc1cccc2c1C(=O)c1ccccc1C2=O. The van der Waals surface area contributed by atoms with Gasteiger partial charge in [-0.15, -0.1) is 0 Å². The summed E-state index contributed by atoms with van der Waals surface area (Å²) in [5.41, 5.74) is 2.59. The zero-order chi connectivity index (χ0) is 21.5. The average molecular weight is 408 g/mol. The van der Waals surface area contributed by atoms with E-state index in [2.05, 4.69) is 15.3 Å². The summed E-state index contributed by atoms with van der Waals surface area (Å²) >= 11 is 0. The first-order valence-corrected chi connectivity index (χ1v) is 9.72. The third-order valence-electron chi connectivity index (χ3n) is 5.31. The quantitative estimate of drug-likeness (QED) is 0.472. The standard InChI is InChI=1S/C24H16N4O3/c1-14-21(24(31)28(27-14)15-8-3-2-4-9-15)26-25-19-13-7-12-18-20(19)23(30)17-11-6-5-10-16(17)22(18)29/h2-13,21H,1H3/t21-/m0/s1. The van der Waals surface area contributed by atoms with Crippen molar-refractivity contribution >= 4 is 34.6 Å². The number of hydrogen-bond acceptors (Lipinski definition) is 6. The van der Waals surface area contributed by atoms with Crippen molar-refractivity contribution in [1.82, 2.24) is 0 Å². The fourth-order valence-electron chi connectivity index (χ4n) is 3.77. The Morgan fingerprint density at radius 3 is 2.16 bits per heavy atom. The molecule has 3 aromatic carbocycles. The minimum atomic E-state index is -0.891. The third kappa shape index (κ3) is 2.98. The first-order valence-electron chi connectivity index (χ1n) is 9.72. The van der Waals surface area contributed by atoms with Crippen molar-refractivity contribution in [2.75, 3.05) is 5.01 Å². The van der Waals surface area contributed by atoms with Gasteiger partial charge in [-0.3, -0.25) is 14.4 Å². The molecule has 1 aliphatic carbocycles. The number of carbonyl (C=O) groups is 3. The van der Waals surface area contributed by atoms with Crippen molar-refractivity contribution in [3.63, 3.8) is 0 Å². The van der Waals surface area contributed by atoms with Crippen molar-refractivity contribution in [3.8, 4) is 0 Å². The molecule has 0 spiro atoms. The van der Waals surface area contributed by atoms with E-state index in [4.69, 9.17) is 0 Å². The molecule has 1 amide bonds. The van der Waals surface area contributed by atoms with Crippen LogP contribution >= 0.6 is 0 Å². The van der Waals surface area contributed by atoms with E-state index < -0.39 is 6.04 Å². The molecule has 7 heteroatoms. The topological polar surface area (TPSA) is 91.5 Å². The van der Waals surface area contributed by atoms with Crippen molar-refractivity contribution in [2.45, 2.75) is 13.0 Å². The number of anilines is 1. The lowest BCUT2D eigenvalue weighted by Crippen LogP contribution is -2.29. The molecular weight excluding hydrogens is 392 g/mol. The van der Waals surface area contributed by atoms with Crippen molar-refractivity contribution in [1.29, 1.82) is 0 Å². The van der Waals surface area contributed by atoms with E-state index in [1.54, 1.807) is 61.5 Å². The minimum absolute atomic E-state index is 0.204. The van der Waals surface area contributed by atoms with E-state index >= 15 is 0 Å². The number of hydrazone groups is 1. The second-order valence-electron chi connectivity index (χ2n) is 7.25. The van der Waals surface area contributed by atoms with Crippen LogP contribution < -0.4 is 5.01 Å². The molecule has 150 valence electrons. The van der Waals surface area contributed by atoms with Gasteiger partial charge in [0.1, 0.15) is 0 Å². The lowest BCUT2D eigenvalue weighted by Gasteiger charge is -2.18. The second-order valence-corrected chi connectivity index (χ2v) is 7.25. The van der Waals surface area contributed by atoms with Gasteiger partial charge in [0.2, 0.25) is 0 Å². The highest BCUT2D eigenvalue weighted by molar-refractivity contribution is 6.30. The summed E-state index contributed by atoms with van der Waals surface area (Å²) in [4.78, 5) is 38.8. The van der Waals surface area contributed by atoms with Crippen LogP contribution in [0.5, 0.6) is 0 Å². The Kier molecular flexibility index (Phi) is 4.36. The Balaban J connectivity index is 1.50. The Hall–Kier alpha value is -4.26. The van der Waals surface area contributed by atoms with E-state index in [0.29, 0.717) is 22.5 Å². The van der Waals surface area contributed by atoms with Crippen LogP contribution in [-0.2, 0) is 4.79 Å². The lowest BCUT2D eigenvalue weighted by molar-refractivity contribution is -0.117. The second kappa shape index (κ2) is 7.21. The summed E-state index contributed by atoms with van der Waals surface area (Å²) in [5, 5.41) is 14.0. The van der Waals surface area contributed by atoms with Crippen LogP contribution in [0.1, 0.15) is 38.8 Å². The van der Waals surface area contributed by atoms with Gasteiger partial charge in [-0.1, -0.05) is 54.6 Å². The monoisotopic (exact) mass is 408 g/mol. The third-order valence-corrected chi connectivity index (χ3v) is 5.31. The molecule has 0 radical (unpaired) electrons. The molecule has 3 aromatic rings. The van der Waals surface area contributed by atoms with Crippen LogP contribution in [-0.4, -0.2) is 29.2 Å². The fraction of sp³-hybridized carbons (Fsp3) is 0.0833. The van der Waals surface area contributed by atoms with Crippen molar-refractivity contribution in [2.24, 2.45) is 15.3 Å². The van der Waals surface area contributed by atoms with Gasteiger partial charge in [0.15, 0.2) is 17.6 Å². The summed E-state index contributed by atoms with van der Waals surface area (Å²) in [7, 11) is 0. The molecule has 7 nitrogen and oxygen atoms in total. The molecule has 1 aliphatic heterocycles. The zero-order valence-electron chi connectivity index (χ0n) is 16.5. The number of rotatable bonds is 3. The van der Waals surface area contributed by atoms with E-state index in [1.807, 2.05) is 18.2 Å². The molecule has 1 heterocycles. The van der Waals surface area contributed by atoms with Crippen LogP contribution in [0, 0.1) is 0 Å². The lowest BCUT2D eigenvalue weighted by atomic mass is 9.83. The first-order chi connectivity index (χ1) is 15.1. The maximum atomic E-state index is 13.1. The molecule has 0 unspecified atom stereocenters. The Bertz CT molecular complexity index is 1310. The molecule has 0 saturated carbocycles. The number of azo groups is 1. The van der Waals surface area contributed by atoms with Gasteiger partial charge in [-0.25, -0.2) is 0 Å². The zero-order valence-corrected chi connectivity index (χ0v) is 16.5. The predicted octanol–water partition coefficient (Wildman–Crippen LogP) is 4.34. The van der Waals surface area contributed by atoms with Gasteiger partial charge >= 0.3 is 0 Å². The van der Waals surface area contributed by atoms with Crippen molar-refractivity contribution < 1.29 is 14.4 Å². The number of hydrogen-bond donors (Lipinski definition) is 0. The maximum absolute atomic E-state index is 13.1. The summed E-state index contributed by atoms with van der Waals surface area (Å²) in [6.45, 7) is 1.70. The van der Waals surface area contributed by atoms with Crippen LogP contribution in [0.25, 0.3) is 0 Å². The Morgan fingerprint density at radius 1 is 0.774 bits per heavy atom. The fourth-order valence-corrected chi connectivity index (χ4v) is 3.77. The normalized spacial score (nSPS) is 17.7. The number of fused-ring (bicyclic) bond motifs is 2. The molecular formula is C24H16N4O3. The van der Waals surface area contributed by atoms with Gasteiger partial charge in [-0.2, -0.15) is 20.3 Å². The number of para-hydroxylation sites is 1. The highest BCUT2D eigenvalue weighted by Gasteiger charge is 2.35. The van der Waals surface area contributed by atoms with Gasteiger partial charge in [0.05, 0.1) is 22.6 Å². The van der Waals surface area contributed by atoms with Crippen molar-refractivity contribution in [3.05, 3.63) is 95.1 Å². The first kappa shape index (κ1) is 18.7. The number of benzene rings is 3. The average Bonchev–Trinajstić information content (AvgIpc) is 3.09. The number of amides is 1. The summed E-state index contributed by atoms with van der Waals surface area (Å²) < 4.78 is 0. The van der Waals surface area contributed by atoms with E-state index in [0.717, 1.165) is 0 Å². The molecule has 0 saturated heterocycles. The molecule has 31 heavy (non-hydrogen) atoms. The van der Waals surface area contributed by atoms with Crippen LogP contribution in [0.15, 0.2) is 88.1 Å². The molecule has 1 atom stereocenters. The van der Waals surface area contributed by atoms with Crippen LogP contribution in [0.4, 0.5) is 11.4 Å². The summed E-state index contributed by atoms with van der Waals surface area (Å²) in [5.74, 6) is -0.842. The van der Waals surface area contributed by atoms with Gasteiger partial charge in [-0.05, 0) is 25.1 Å². The molecule has 0 N–H and O–H groups in total. The highest BCUT2D eigenvalue weighted by Crippen LogP contribution is 2.34.